The molecule has 2 N–H and O–H groups in total. The van der Waals surface area contributed by atoms with Crippen LogP contribution in [0.25, 0.3) is 5.76 Å². The van der Waals surface area contributed by atoms with Crippen molar-refractivity contribution in [1.82, 2.24) is 4.90 Å². The van der Waals surface area contributed by atoms with Crippen molar-refractivity contribution in [2.24, 2.45) is 0 Å². The van der Waals surface area contributed by atoms with Crippen LogP contribution in [0.15, 0.2) is 42.0 Å². The number of Topliss-reactive ketones (excluding diaryl/α,β-unsaturated/α-hetero) is 1. The van der Waals surface area contributed by atoms with Crippen molar-refractivity contribution in [2.45, 2.75) is 46.1 Å². The van der Waals surface area contributed by atoms with Crippen molar-refractivity contribution in [3.63, 3.8) is 0 Å². The molecule has 0 aliphatic carbocycles. The Labute approximate surface area is 212 Å². The predicted molar refractivity (Wildman–Crippen MR) is 136 cm³/mol. The molecule has 1 amide bonds. The molecule has 2 aromatic rings. The number of unbranched alkanes of at least 4 members (excludes halogenated alkanes) is 1. The first-order chi connectivity index (χ1) is 17.3. The summed E-state index contributed by atoms with van der Waals surface area (Å²) >= 11 is 0. The fourth-order valence-electron chi connectivity index (χ4n) is 4.25. The highest BCUT2D eigenvalue weighted by Gasteiger charge is 2.46. The van der Waals surface area contributed by atoms with Crippen LogP contribution >= 0.6 is 0 Å². The van der Waals surface area contributed by atoms with Gasteiger partial charge in [-0.1, -0.05) is 19.4 Å². The molecule has 2 aromatic carbocycles. The van der Waals surface area contributed by atoms with Gasteiger partial charge in [0.05, 0.1) is 24.8 Å². The van der Waals surface area contributed by atoms with Crippen molar-refractivity contribution in [3.05, 3.63) is 58.7 Å². The molecule has 0 bridgehead atoms. The number of hydrogen-bond acceptors (Lipinski definition) is 7. The molecule has 8 heteroatoms. The Hall–Kier alpha value is -3.52. The first-order valence-electron chi connectivity index (χ1n) is 12.3. The number of carbonyl (C=O) groups is 2. The SMILES string of the molecule is CCCCOc1ccc(C(O)=C2C(=O)C(=O)N(CCCOC)[C@H]2c2ccc(O)c(OCC)c2)cc1C. The monoisotopic (exact) mass is 497 g/mol. The zero-order valence-electron chi connectivity index (χ0n) is 21.4. The normalized spacial score (nSPS) is 17.0. The molecule has 0 aromatic heterocycles. The van der Waals surface area contributed by atoms with Crippen molar-refractivity contribution >= 4 is 17.4 Å². The highest BCUT2D eigenvalue weighted by atomic mass is 16.5. The topological polar surface area (TPSA) is 106 Å². The van der Waals surface area contributed by atoms with Crippen LogP contribution in [0.1, 0.15) is 55.8 Å². The van der Waals surface area contributed by atoms with Crippen LogP contribution in [0, 0.1) is 6.92 Å². The minimum Gasteiger partial charge on any atom is -0.507 e. The summed E-state index contributed by atoms with van der Waals surface area (Å²) in [5, 5.41) is 21.5. The van der Waals surface area contributed by atoms with E-state index in [1.807, 2.05) is 6.92 Å². The highest BCUT2D eigenvalue weighted by Crippen LogP contribution is 2.42. The van der Waals surface area contributed by atoms with Gasteiger partial charge in [0.1, 0.15) is 11.5 Å². The molecular formula is C28H35NO7. The molecule has 1 fully saturated rings. The minimum absolute atomic E-state index is 0.00962. The van der Waals surface area contributed by atoms with E-state index in [9.17, 15) is 19.8 Å². The van der Waals surface area contributed by atoms with Gasteiger partial charge in [0, 0.05) is 25.8 Å². The van der Waals surface area contributed by atoms with Crippen molar-refractivity contribution in [1.29, 1.82) is 0 Å². The molecule has 1 saturated heterocycles. The number of aromatic hydroxyl groups is 1. The van der Waals surface area contributed by atoms with E-state index >= 15 is 0 Å². The van der Waals surface area contributed by atoms with Crippen LogP contribution in [0.4, 0.5) is 0 Å². The Morgan fingerprint density at radius 1 is 1.00 bits per heavy atom. The molecule has 1 aliphatic heterocycles. The molecule has 36 heavy (non-hydrogen) atoms. The Kier molecular flexibility index (Phi) is 9.36. The second-order valence-electron chi connectivity index (χ2n) is 8.68. The number of aliphatic hydroxyl groups is 1. The van der Waals surface area contributed by atoms with Gasteiger partial charge in [-0.3, -0.25) is 9.59 Å². The summed E-state index contributed by atoms with van der Waals surface area (Å²) in [6.07, 6.45) is 2.47. The van der Waals surface area contributed by atoms with Gasteiger partial charge in [-0.05, 0) is 68.1 Å². The summed E-state index contributed by atoms with van der Waals surface area (Å²) in [6, 6.07) is 9.03. The van der Waals surface area contributed by atoms with E-state index in [1.165, 1.54) is 11.0 Å². The minimum atomic E-state index is -0.845. The number of carbonyl (C=O) groups excluding carboxylic acids is 2. The van der Waals surface area contributed by atoms with E-state index in [1.54, 1.807) is 44.4 Å². The van der Waals surface area contributed by atoms with Crippen molar-refractivity contribution < 1.29 is 34.0 Å². The number of benzene rings is 2. The second-order valence-corrected chi connectivity index (χ2v) is 8.68. The summed E-state index contributed by atoms with van der Waals surface area (Å²) < 4.78 is 16.5. The molecule has 0 saturated carbocycles. The maximum atomic E-state index is 13.2. The first-order valence-corrected chi connectivity index (χ1v) is 12.3. The molecular weight excluding hydrogens is 462 g/mol. The van der Waals surface area contributed by atoms with Gasteiger partial charge < -0.3 is 29.3 Å². The Morgan fingerprint density at radius 3 is 2.44 bits per heavy atom. The van der Waals surface area contributed by atoms with Crippen LogP contribution in [0.2, 0.25) is 0 Å². The molecule has 1 heterocycles. The Bertz CT molecular complexity index is 1120. The lowest BCUT2D eigenvalue weighted by Crippen LogP contribution is -2.31. The van der Waals surface area contributed by atoms with Gasteiger partial charge in [-0.2, -0.15) is 0 Å². The fraction of sp³-hybridized carbons (Fsp3) is 0.429. The van der Waals surface area contributed by atoms with Gasteiger partial charge in [-0.15, -0.1) is 0 Å². The number of aliphatic hydroxyl groups excluding tert-OH is 1. The second kappa shape index (κ2) is 12.4. The van der Waals surface area contributed by atoms with Crippen LogP contribution in [0.3, 0.4) is 0 Å². The Morgan fingerprint density at radius 2 is 1.78 bits per heavy atom. The van der Waals surface area contributed by atoms with E-state index in [0.29, 0.717) is 43.1 Å². The number of nitrogens with zero attached hydrogens (tertiary/aromatic N) is 1. The van der Waals surface area contributed by atoms with Gasteiger partial charge in [-0.25, -0.2) is 0 Å². The number of aryl methyl sites for hydroxylation is 1. The number of likely N-dealkylation sites (tertiary alicyclic amines) is 1. The fourth-order valence-corrected chi connectivity index (χ4v) is 4.25. The molecule has 3 rings (SSSR count). The first kappa shape index (κ1) is 27.1. The number of phenolic OH excluding ortho intramolecular Hbond substituents is 1. The number of ketones is 1. The summed E-state index contributed by atoms with van der Waals surface area (Å²) in [6.45, 7) is 7.34. The smallest absolute Gasteiger partial charge is 0.295 e. The van der Waals surface area contributed by atoms with Crippen molar-refractivity contribution in [2.75, 3.05) is 33.5 Å². The molecule has 1 aliphatic rings. The van der Waals surface area contributed by atoms with Crippen LogP contribution in [-0.4, -0.2) is 60.3 Å². The number of phenols is 1. The van der Waals surface area contributed by atoms with Crippen molar-refractivity contribution in [3.8, 4) is 17.2 Å². The Balaban J connectivity index is 2.08. The maximum Gasteiger partial charge on any atom is 0.295 e. The predicted octanol–water partition coefficient (Wildman–Crippen LogP) is 4.74. The third-order valence-electron chi connectivity index (χ3n) is 6.09. The zero-order chi connectivity index (χ0) is 26.2. The van der Waals surface area contributed by atoms with Gasteiger partial charge in [0.2, 0.25) is 0 Å². The van der Waals surface area contributed by atoms with Gasteiger partial charge in [0.25, 0.3) is 11.7 Å². The molecule has 194 valence electrons. The number of ether oxygens (including phenoxy) is 3. The van der Waals surface area contributed by atoms with Crippen LogP contribution in [-0.2, 0) is 14.3 Å². The molecule has 1 atom stereocenters. The lowest BCUT2D eigenvalue weighted by atomic mass is 9.94. The average molecular weight is 498 g/mol. The zero-order valence-corrected chi connectivity index (χ0v) is 21.4. The standard InChI is InChI=1S/C28H35NO7/c1-5-7-15-36-22-12-10-20(16-18(22)3)26(31)24-25(19-9-11-21(30)23(17-19)35-6-2)29(13-8-14-34-4)28(33)27(24)32/h9-12,16-17,25,30-31H,5-8,13-15H2,1-4H3/t25-/m0/s1. The summed E-state index contributed by atoms with van der Waals surface area (Å²) in [7, 11) is 1.57. The molecule has 0 radical (unpaired) electrons. The van der Waals surface area contributed by atoms with Crippen LogP contribution in [0.5, 0.6) is 17.2 Å². The van der Waals surface area contributed by atoms with Gasteiger partial charge in [0.15, 0.2) is 11.5 Å². The molecule has 8 nitrogen and oxygen atoms in total. The maximum absolute atomic E-state index is 13.2. The number of amides is 1. The number of rotatable bonds is 12. The summed E-state index contributed by atoms with van der Waals surface area (Å²) in [5.41, 5.74) is 1.76. The number of methoxy groups -OCH3 is 1. The summed E-state index contributed by atoms with van der Waals surface area (Å²) in [4.78, 5) is 27.7. The molecule has 0 spiro atoms. The van der Waals surface area contributed by atoms with E-state index in [0.717, 1.165) is 18.4 Å². The third-order valence-corrected chi connectivity index (χ3v) is 6.09. The average Bonchev–Trinajstić information content (AvgIpc) is 3.11. The number of hydrogen-bond donors (Lipinski definition) is 2. The quantitative estimate of drug-likeness (QED) is 0.189. The van der Waals surface area contributed by atoms with E-state index in [-0.39, 0.29) is 29.4 Å². The largest absolute Gasteiger partial charge is 0.507 e. The third kappa shape index (κ3) is 5.82. The summed E-state index contributed by atoms with van der Waals surface area (Å²) in [5.74, 6) is -0.826. The highest BCUT2D eigenvalue weighted by molar-refractivity contribution is 6.46. The molecule has 0 unspecified atom stereocenters. The van der Waals surface area contributed by atoms with E-state index < -0.39 is 17.7 Å². The lowest BCUT2D eigenvalue weighted by molar-refractivity contribution is -0.140. The van der Waals surface area contributed by atoms with E-state index in [2.05, 4.69) is 6.92 Å². The van der Waals surface area contributed by atoms with Crippen LogP contribution < -0.4 is 9.47 Å². The van der Waals surface area contributed by atoms with Gasteiger partial charge >= 0.3 is 0 Å². The lowest BCUT2D eigenvalue weighted by Gasteiger charge is -2.26. The van der Waals surface area contributed by atoms with E-state index in [4.69, 9.17) is 14.2 Å².